The summed E-state index contributed by atoms with van der Waals surface area (Å²) >= 11 is 5.98. The number of carbonyl (C=O) groups is 1. The van der Waals surface area contributed by atoms with Crippen LogP contribution in [0.25, 0.3) is 0 Å². The van der Waals surface area contributed by atoms with Crippen LogP contribution in [0.2, 0.25) is 5.02 Å². The number of sulfonamides is 1. The number of nitrogens with one attached hydrogen (secondary N) is 1. The third-order valence-corrected chi connectivity index (χ3v) is 5.99. The fourth-order valence-electron chi connectivity index (χ4n) is 2.81. The molecule has 1 amide bonds. The van der Waals surface area contributed by atoms with Gasteiger partial charge in [-0.1, -0.05) is 35.9 Å². The summed E-state index contributed by atoms with van der Waals surface area (Å²) in [4.78, 5) is 12.4. The van der Waals surface area contributed by atoms with Gasteiger partial charge in [0.15, 0.2) is 0 Å². The minimum absolute atomic E-state index is 0.159. The van der Waals surface area contributed by atoms with Crippen LogP contribution in [0.15, 0.2) is 48.5 Å². The second-order valence-corrected chi connectivity index (χ2v) is 8.10. The summed E-state index contributed by atoms with van der Waals surface area (Å²) in [6.45, 7) is 0.394. The van der Waals surface area contributed by atoms with Crippen molar-refractivity contribution in [1.82, 2.24) is 9.62 Å². The maximum Gasteiger partial charge on any atom is 0.243 e. The number of amides is 1. The molecule has 3 rings (SSSR count). The van der Waals surface area contributed by atoms with E-state index >= 15 is 0 Å². The van der Waals surface area contributed by atoms with Gasteiger partial charge in [0.2, 0.25) is 15.9 Å². The van der Waals surface area contributed by atoms with Crippen molar-refractivity contribution in [3.63, 3.8) is 0 Å². The normalized spacial score (nSPS) is 18.8. The highest BCUT2D eigenvalue weighted by molar-refractivity contribution is 7.88. The van der Waals surface area contributed by atoms with Gasteiger partial charge in [0, 0.05) is 18.1 Å². The fraction of sp³-hybridized carbons (Fsp3) is 0.235. The van der Waals surface area contributed by atoms with E-state index in [-0.39, 0.29) is 18.8 Å². The number of piperazine rings is 1. The lowest BCUT2D eigenvalue weighted by Gasteiger charge is -2.34. The molecule has 8 heteroatoms. The van der Waals surface area contributed by atoms with Crippen molar-refractivity contribution in [3.8, 4) is 0 Å². The zero-order valence-corrected chi connectivity index (χ0v) is 14.7. The minimum atomic E-state index is -3.79. The molecule has 1 N–H and O–H groups in total. The van der Waals surface area contributed by atoms with Crippen LogP contribution in [0, 0.1) is 5.82 Å². The number of benzene rings is 2. The fourth-order valence-corrected chi connectivity index (χ4v) is 4.70. The van der Waals surface area contributed by atoms with Crippen LogP contribution in [-0.4, -0.2) is 31.7 Å². The number of rotatable bonds is 4. The first kappa shape index (κ1) is 17.8. The van der Waals surface area contributed by atoms with Gasteiger partial charge in [-0.3, -0.25) is 4.79 Å². The molecule has 1 unspecified atom stereocenters. The topological polar surface area (TPSA) is 66.5 Å². The Morgan fingerprint density at radius 2 is 1.92 bits per heavy atom. The lowest BCUT2D eigenvalue weighted by Crippen LogP contribution is -2.52. The first-order valence-electron chi connectivity index (χ1n) is 7.64. The zero-order valence-electron chi connectivity index (χ0n) is 13.2. The average Bonchev–Trinajstić information content (AvgIpc) is 2.56. The Balaban J connectivity index is 1.94. The van der Waals surface area contributed by atoms with E-state index in [0.717, 1.165) is 0 Å². The van der Waals surface area contributed by atoms with Gasteiger partial charge in [-0.2, -0.15) is 4.31 Å². The second-order valence-electron chi connectivity index (χ2n) is 5.74. The predicted molar refractivity (Wildman–Crippen MR) is 92.9 cm³/mol. The summed E-state index contributed by atoms with van der Waals surface area (Å²) in [5, 5.41) is 3.11. The predicted octanol–water partition coefficient (Wildman–Crippen LogP) is 2.48. The van der Waals surface area contributed by atoms with E-state index < -0.39 is 27.8 Å². The van der Waals surface area contributed by atoms with Crippen molar-refractivity contribution in [2.45, 2.75) is 11.8 Å². The van der Waals surface area contributed by atoms with Crippen molar-refractivity contribution in [3.05, 3.63) is 70.5 Å². The Morgan fingerprint density at radius 1 is 1.20 bits per heavy atom. The SMILES string of the molecule is O=C1NCCN(S(=O)(=O)Cc2ccc(F)cc2)C1c1cccc(Cl)c1. The van der Waals surface area contributed by atoms with Gasteiger partial charge in [0.05, 0.1) is 5.75 Å². The van der Waals surface area contributed by atoms with Crippen molar-refractivity contribution >= 4 is 27.5 Å². The summed E-state index contributed by atoms with van der Waals surface area (Å²) in [5.41, 5.74) is 0.963. The number of halogens is 2. The highest BCUT2D eigenvalue weighted by Gasteiger charge is 2.38. The summed E-state index contributed by atoms with van der Waals surface area (Å²) in [7, 11) is -3.79. The highest BCUT2D eigenvalue weighted by atomic mass is 35.5. The molecule has 0 aromatic heterocycles. The molecule has 5 nitrogen and oxygen atoms in total. The van der Waals surface area contributed by atoms with E-state index in [4.69, 9.17) is 11.6 Å². The first-order chi connectivity index (χ1) is 11.9. The highest BCUT2D eigenvalue weighted by Crippen LogP contribution is 2.29. The van der Waals surface area contributed by atoms with E-state index in [2.05, 4.69) is 5.32 Å². The number of nitrogens with zero attached hydrogens (tertiary/aromatic N) is 1. The molecular weight excluding hydrogens is 367 g/mol. The maximum atomic E-state index is 13.0. The number of hydrogen-bond donors (Lipinski definition) is 1. The smallest absolute Gasteiger partial charge is 0.243 e. The Bertz CT molecular complexity index is 887. The molecule has 1 aliphatic heterocycles. The summed E-state index contributed by atoms with van der Waals surface area (Å²) < 4.78 is 39.9. The lowest BCUT2D eigenvalue weighted by molar-refractivity contribution is -0.126. The van der Waals surface area contributed by atoms with Gasteiger partial charge in [0.25, 0.3) is 0 Å². The minimum Gasteiger partial charge on any atom is -0.353 e. The zero-order chi connectivity index (χ0) is 18.0. The number of hydrogen-bond acceptors (Lipinski definition) is 3. The molecule has 0 bridgehead atoms. The van der Waals surface area contributed by atoms with E-state index in [1.54, 1.807) is 24.3 Å². The van der Waals surface area contributed by atoms with E-state index in [0.29, 0.717) is 16.1 Å². The van der Waals surface area contributed by atoms with E-state index in [1.165, 1.54) is 28.6 Å². The molecule has 2 aromatic rings. The van der Waals surface area contributed by atoms with E-state index in [9.17, 15) is 17.6 Å². The van der Waals surface area contributed by atoms with Crippen molar-refractivity contribution in [2.75, 3.05) is 13.1 Å². The molecule has 1 saturated heterocycles. The van der Waals surface area contributed by atoms with Crippen LogP contribution in [0.5, 0.6) is 0 Å². The summed E-state index contributed by atoms with van der Waals surface area (Å²) in [5.74, 6) is -1.14. The molecule has 2 aromatic carbocycles. The molecule has 0 aliphatic carbocycles. The second kappa shape index (κ2) is 7.11. The quantitative estimate of drug-likeness (QED) is 0.883. The molecule has 0 radical (unpaired) electrons. The van der Waals surface area contributed by atoms with Crippen LogP contribution in [-0.2, 0) is 20.6 Å². The van der Waals surface area contributed by atoms with Crippen LogP contribution in [0.3, 0.4) is 0 Å². The largest absolute Gasteiger partial charge is 0.353 e. The Hall–Kier alpha value is -1.96. The summed E-state index contributed by atoms with van der Waals surface area (Å²) in [6.07, 6.45) is 0. The molecule has 132 valence electrons. The molecule has 25 heavy (non-hydrogen) atoms. The molecular formula is C17H16ClFN2O3S. The summed E-state index contributed by atoms with van der Waals surface area (Å²) in [6, 6.07) is 10.9. The van der Waals surface area contributed by atoms with Gasteiger partial charge in [-0.15, -0.1) is 0 Å². The van der Waals surface area contributed by atoms with Crippen LogP contribution in [0.1, 0.15) is 17.2 Å². The Kier molecular flexibility index (Phi) is 5.08. The Labute approximate surface area is 150 Å². The van der Waals surface area contributed by atoms with Crippen molar-refractivity contribution in [1.29, 1.82) is 0 Å². The van der Waals surface area contributed by atoms with Crippen LogP contribution >= 0.6 is 11.6 Å². The van der Waals surface area contributed by atoms with Crippen LogP contribution in [0.4, 0.5) is 4.39 Å². The van der Waals surface area contributed by atoms with Gasteiger partial charge in [-0.05, 0) is 35.4 Å². The van der Waals surface area contributed by atoms with Gasteiger partial charge in [0.1, 0.15) is 11.9 Å². The Morgan fingerprint density at radius 3 is 2.60 bits per heavy atom. The van der Waals surface area contributed by atoms with Crippen LogP contribution < -0.4 is 5.32 Å². The molecule has 1 atom stereocenters. The molecule has 1 heterocycles. The van der Waals surface area contributed by atoms with E-state index in [1.807, 2.05) is 0 Å². The molecule has 0 spiro atoms. The van der Waals surface area contributed by atoms with Crippen molar-refractivity contribution < 1.29 is 17.6 Å². The molecule has 0 saturated carbocycles. The molecule has 1 aliphatic rings. The average molecular weight is 383 g/mol. The standard InChI is InChI=1S/C17H16ClFN2O3S/c18-14-3-1-2-13(10-14)16-17(22)20-8-9-21(16)25(23,24)11-12-4-6-15(19)7-5-12/h1-7,10,16H,8-9,11H2,(H,20,22). The maximum absolute atomic E-state index is 13.0. The van der Waals surface area contributed by atoms with Gasteiger partial charge in [-0.25, -0.2) is 12.8 Å². The monoisotopic (exact) mass is 382 g/mol. The third-order valence-electron chi connectivity index (χ3n) is 3.95. The molecule has 1 fully saturated rings. The lowest BCUT2D eigenvalue weighted by atomic mass is 10.0. The first-order valence-corrected chi connectivity index (χ1v) is 9.63. The van der Waals surface area contributed by atoms with Gasteiger partial charge >= 0.3 is 0 Å². The van der Waals surface area contributed by atoms with Gasteiger partial charge < -0.3 is 5.32 Å². The third kappa shape index (κ3) is 4.00. The number of carbonyl (C=O) groups excluding carboxylic acids is 1. The van der Waals surface area contributed by atoms with Crippen molar-refractivity contribution in [2.24, 2.45) is 0 Å².